The Morgan fingerprint density at radius 2 is 1.82 bits per heavy atom. The number of halogens is 4. The Morgan fingerprint density at radius 1 is 1.11 bits per heavy atom. The van der Waals surface area contributed by atoms with Crippen molar-refractivity contribution in [3.8, 4) is 5.75 Å². The minimum atomic E-state index is -4.35. The third-order valence-corrected chi connectivity index (χ3v) is 4.18. The molecule has 28 heavy (non-hydrogen) atoms. The second kappa shape index (κ2) is 11.1. The number of alkyl halides is 3. The lowest BCUT2D eigenvalue weighted by atomic mass is 10.0. The van der Waals surface area contributed by atoms with Crippen molar-refractivity contribution in [2.75, 3.05) is 20.7 Å². The number of aliphatic imine (C=N–C) groups is 1. The monoisotopic (exact) mass is 507 g/mol. The van der Waals surface area contributed by atoms with E-state index in [0.717, 1.165) is 23.4 Å². The van der Waals surface area contributed by atoms with Crippen LogP contribution < -0.4 is 15.4 Å². The average molecular weight is 507 g/mol. The number of benzene rings is 2. The molecule has 2 aromatic carbocycles. The largest absolute Gasteiger partial charge is 0.496 e. The molecule has 0 aromatic heterocycles. The molecule has 0 saturated carbocycles. The minimum absolute atomic E-state index is 0. The maximum absolute atomic E-state index is 12.8. The summed E-state index contributed by atoms with van der Waals surface area (Å²) in [5.41, 5.74) is 0.945. The lowest BCUT2D eigenvalue weighted by Gasteiger charge is -2.18. The van der Waals surface area contributed by atoms with Gasteiger partial charge in [-0.05, 0) is 29.3 Å². The highest BCUT2D eigenvalue weighted by atomic mass is 127. The summed E-state index contributed by atoms with van der Waals surface area (Å²) in [5.74, 6) is 1.50. The van der Waals surface area contributed by atoms with Crippen LogP contribution >= 0.6 is 24.0 Å². The summed E-state index contributed by atoms with van der Waals surface area (Å²) in [4.78, 5) is 4.12. The van der Waals surface area contributed by atoms with Gasteiger partial charge in [0.25, 0.3) is 0 Å². The van der Waals surface area contributed by atoms with Gasteiger partial charge in [0.2, 0.25) is 0 Å². The molecule has 4 nitrogen and oxygen atoms in total. The molecule has 1 unspecified atom stereocenters. The van der Waals surface area contributed by atoms with Crippen LogP contribution in [0.25, 0.3) is 0 Å². The Morgan fingerprint density at radius 3 is 2.46 bits per heavy atom. The van der Waals surface area contributed by atoms with Crippen LogP contribution in [0.15, 0.2) is 53.5 Å². The zero-order valence-corrected chi connectivity index (χ0v) is 18.3. The molecule has 0 spiro atoms. The fourth-order valence-electron chi connectivity index (χ4n) is 2.70. The number of nitrogens with one attached hydrogen (secondary N) is 2. The van der Waals surface area contributed by atoms with Gasteiger partial charge < -0.3 is 15.4 Å². The SMILES string of the molecule is CN=C(NCc1cccc(C(F)(F)F)c1)NCC(C)c1ccccc1OC.I. The normalized spacial score (nSPS) is 12.7. The predicted molar refractivity (Wildman–Crippen MR) is 116 cm³/mol. The fraction of sp³-hybridized carbons (Fsp3) is 0.350. The van der Waals surface area contributed by atoms with Crippen molar-refractivity contribution in [3.63, 3.8) is 0 Å². The Bertz CT molecular complexity index is 781. The molecule has 2 N–H and O–H groups in total. The Labute approximate surface area is 180 Å². The van der Waals surface area contributed by atoms with E-state index < -0.39 is 11.7 Å². The third-order valence-electron chi connectivity index (χ3n) is 4.18. The molecule has 2 aromatic rings. The molecule has 0 aliphatic heterocycles. The van der Waals surface area contributed by atoms with Crippen LogP contribution in [0, 0.1) is 0 Å². The Balaban J connectivity index is 0.00000392. The minimum Gasteiger partial charge on any atom is -0.496 e. The number of nitrogens with zero attached hydrogens (tertiary/aromatic N) is 1. The van der Waals surface area contributed by atoms with Crippen LogP contribution in [0.1, 0.15) is 29.5 Å². The molecule has 1 atom stereocenters. The molecule has 0 heterocycles. The zero-order valence-electron chi connectivity index (χ0n) is 16.0. The van der Waals surface area contributed by atoms with Gasteiger partial charge in [-0.1, -0.05) is 37.3 Å². The summed E-state index contributed by atoms with van der Waals surface area (Å²) in [5, 5.41) is 6.24. The average Bonchev–Trinajstić information content (AvgIpc) is 2.67. The van der Waals surface area contributed by atoms with E-state index in [0.29, 0.717) is 18.1 Å². The van der Waals surface area contributed by atoms with Gasteiger partial charge in [-0.2, -0.15) is 13.2 Å². The summed E-state index contributed by atoms with van der Waals surface area (Å²) in [7, 11) is 3.25. The van der Waals surface area contributed by atoms with E-state index in [2.05, 4.69) is 22.5 Å². The number of ether oxygens (including phenoxy) is 1. The number of rotatable bonds is 6. The summed E-state index contributed by atoms with van der Waals surface area (Å²) in [6, 6.07) is 13.0. The predicted octanol–water partition coefficient (Wildman–Crippen LogP) is 4.80. The van der Waals surface area contributed by atoms with E-state index in [9.17, 15) is 13.2 Å². The highest BCUT2D eigenvalue weighted by Gasteiger charge is 2.30. The summed E-state index contributed by atoms with van der Waals surface area (Å²) in [6.07, 6.45) is -4.35. The van der Waals surface area contributed by atoms with Crippen molar-refractivity contribution in [2.24, 2.45) is 4.99 Å². The highest BCUT2D eigenvalue weighted by molar-refractivity contribution is 14.0. The third kappa shape index (κ3) is 6.88. The number of hydrogen-bond donors (Lipinski definition) is 2. The van der Waals surface area contributed by atoms with Gasteiger partial charge >= 0.3 is 6.18 Å². The Hall–Kier alpha value is -1.97. The fourth-order valence-corrected chi connectivity index (χ4v) is 2.70. The first-order valence-electron chi connectivity index (χ1n) is 8.58. The highest BCUT2D eigenvalue weighted by Crippen LogP contribution is 2.29. The van der Waals surface area contributed by atoms with Crippen LogP contribution in [-0.2, 0) is 12.7 Å². The van der Waals surface area contributed by atoms with Crippen molar-refractivity contribution in [3.05, 3.63) is 65.2 Å². The standard InChI is InChI=1S/C20H24F3N3O.HI/c1-14(17-9-4-5-10-18(17)27-3)12-25-19(24-2)26-13-15-7-6-8-16(11-15)20(21,22)23;/h4-11,14H,12-13H2,1-3H3,(H2,24,25,26);1H. The molecule has 8 heteroatoms. The van der Waals surface area contributed by atoms with Crippen LogP contribution in [-0.4, -0.2) is 26.7 Å². The topological polar surface area (TPSA) is 45.7 Å². The van der Waals surface area contributed by atoms with Crippen LogP contribution in [0.3, 0.4) is 0 Å². The van der Waals surface area contributed by atoms with E-state index in [1.807, 2.05) is 24.3 Å². The van der Waals surface area contributed by atoms with Crippen molar-refractivity contribution in [1.82, 2.24) is 10.6 Å². The van der Waals surface area contributed by atoms with Gasteiger partial charge in [0.1, 0.15) is 5.75 Å². The van der Waals surface area contributed by atoms with Crippen LogP contribution in [0.2, 0.25) is 0 Å². The molecular weight excluding hydrogens is 482 g/mol. The van der Waals surface area contributed by atoms with Gasteiger partial charge in [-0.3, -0.25) is 4.99 Å². The second-order valence-corrected chi connectivity index (χ2v) is 6.15. The van der Waals surface area contributed by atoms with E-state index >= 15 is 0 Å². The van der Waals surface area contributed by atoms with Crippen molar-refractivity contribution in [2.45, 2.75) is 25.6 Å². The van der Waals surface area contributed by atoms with Crippen molar-refractivity contribution in [1.29, 1.82) is 0 Å². The first-order valence-corrected chi connectivity index (χ1v) is 8.58. The first kappa shape index (κ1) is 24.1. The molecule has 0 fully saturated rings. The van der Waals surface area contributed by atoms with E-state index in [1.165, 1.54) is 6.07 Å². The maximum atomic E-state index is 12.8. The zero-order chi connectivity index (χ0) is 19.9. The van der Waals surface area contributed by atoms with Gasteiger partial charge in [-0.25, -0.2) is 0 Å². The van der Waals surface area contributed by atoms with Crippen molar-refractivity contribution >= 4 is 29.9 Å². The summed E-state index contributed by atoms with van der Waals surface area (Å²) >= 11 is 0. The molecule has 0 amide bonds. The van der Waals surface area contributed by atoms with Crippen LogP contribution in [0.5, 0.6) is 5.75 Å². The summed E-state index contributed by atoms with van der Waals surface area (Å²) in [6.45, 7) is 2.90. The molecule has 0 radical (unpaired) electrons. The number of methoxy groups -OCH3 is 1. The van der Waals surface area contributed by atoms with Gasteiger partial charge in [0, 0.05) is 26.1 Å². The van der Waals surface area contributed by atoms with Crippen LogP contribution in [0.4, 0.5) is 13.2 Å². The quantitative estimate of drug-likeness (QED) is 0.336. The number of guanidine groups is 1. The maximum Gasteiger partial charge on any atom is 0.416 e. The van der Waals surface area contributed by atoms with Gasteiger partial charge in [0.15, 0.2) is 5.96 Å². The van der Waals surface area contributed by atoms with Gasteiger partial charge in [0.05, 0.1) is 12.7 Å². The smallest absolute Gasteiger partial charge is 0.416 e. The van der Waals surface area contributed by atoms with E-state index in [-0.39, 0.29) is 36.4 Å². The summed E-state index contributed by atoms with van der Waals surface area (Å²) < 4.78 is 43.8. The lowest BCUT2D eigenvalue weighted by molar-refractivity contribution is -0.137. The second-order valence-electron chi connectivity index (χ2n) is 6.15. The van der Waals surface area contributed by atoms with E-state index in [4.69, 9.17) is 4.74 Å². The number of hydrogen-bond acceptors (Lipinski definition) is 2. The van der Waals surface area contributed by atoms with E-state index in [1.54, 1.807) is 20.2 Å². The molecular formula is C20H25F3IN3O. The lowest BCUT2D eigenvalue weighted by Crippen LogP contribution is -2.38. The Kier molecular flexibility index (Phi) is 9.57. The molecule has 154 valence electrons. The number of para-hydroxylation sites is 1. The van der Waals surface area contributed by atoms with Crippen molar-refractivity contribution < 1.29 is 17.9 Å². The molecule has 0 bridgehead atoms. The molecule has 0 aliphatic carbocycles. The van der Waals surface area contributed by atoms with Gasteiger partial charge in [-0.15, -0.1) is 24.0 Å². The molecule has 0 aliphatic rings. The molecule has 0 saturated heterocycles. The first-order chi connectivity index (χ1) is 12.8. The molecule has 2 rings (SSSR count).